The highest BCUT2D eigenvalue weighted by atomic mass is 35.5. The average molecular weight is 158 g/mol. The maximum atomic E-state index is 7.00. The van der Waals surface area contributed by atoms with Gasteiger partial charge in [-0.1, -0.05) is 11.6 Å². The summed E-state index contributed by atoms with van der Waals surface area (Å²) in [6.45, 7) is 0. The van der Waals surface area contributed by atoms with Crippen LogP contribution in [-0.2, 0) is 0 Å². The van der Waals surface area contributed by atoms with E-state index >= 15 is 0 Å². The van der Waals surface area contributed by atoms with Gasteiger partial charge in [-0.25, -0.2) is 0 Å². The Morgan fingerprint density at radius 2 is 1.70 bits per heavy atom. The summed E-state index contributed by atoms with van der Waals surface area (Å²) in [4.78, 5) is 3.76. The standard InChI is InChI=1S/C5H4ClN.BH2O2/c6-5-1-3-7-4-2-5;2-1-3/h1-4H;2-3H. The molecule has 10 heavy (non-hydrogen) atoms. The molecule has 0 fully saturated rings. The zero-order chi connectivity index (χ0) is 7.82. The molecule has 1 rings (SSSR count). The Hall–Kier alpha value is -0.575. The molecular formula is C5H6BClNO2. The molecule has 0 bridgehead atoms. The minimum atomic E-state index is 0. The highest BCUT2D eigenvalue weighted by Crippen LogP contribution is 2.01. The number of rotatable bonds is 0. The van der Waals surface area contributed by atoms with Crippen LogP contribution in [-0.4, -0.2) is 22.7 Å². The molecule has 0 aliphatic rings. The minimum Gasteiger partial charge on any atom is -0.429 e. The molecular weight excluding hydrogens is 152 g/mol. The van der Waals surface area contributed by atoms with Crippen LogP contribution in [0.5, 0.6) is 0 Å². The lowest BCUT2D eigenvalue weighted by Gasteiger charge is -1.79. The summed E-state index contributed by atoms with van der Waals surface area (Å²) in [5.74, 6) is 0. The SMILES string of the molecule is Clc1ccncc1.O[B]O. The summed E-state index contributed by atoms with van der Waals surface area (Å²) < 4.78 is 0. The molecule has 0 spiro atoms. The maximum Gasteiger partial charge on any atom is 0.482 e. The lowest BCUT2D eigenvalue weighted by Crippen LogP contribution is -1.75. The first kappa shape index (κ1) is 9.42. The predicted octanol–water partition coefficient (Wildman–Crippen LogP) is 0.240. The van der Waals surface area contributed by atoms with Gasteiger partial charge in [0.1, 0.15) is 0 Å². The second kappa shape index (κ2) is 6.54. The van der Waals surface area contributed by atoms with E-state index in [2.05, 4.69) is 4.98 Å². The molecule has 1 aromatic rings. The van der Waals surface area contributed by atoms with Gasteiger partial charge in [-0.15, -0.1) is 0 Å². The van der Waals surface area contributed by atoms with Crippen LogP contribution in [0.15, 0.2) is 24.5 Å². The highest BCUT2D eigenvalue weighted by molar-refractivity contribution is 6.30. The van der Waals surface area contributed by atoms with Crippen LogP contribution in [0.1, 0.15) is 0 Å². The van der Waals surface area contributed by atoms with Gasteiger partial charge in [0.15, 0.2) is 0 Å². The lowest BCUT2D eigenvalue weighted by atomic mass is 10.5. The van der Waals surface area contributed by atoms with Crippen molar-refractivity contribution in [2.75, 3.05) is 0 Å². The van der Waals surface area contributed by atoms with Crippen molar-refractivity contribution in [1.29, 1.82) is 0 Å². The van der Waals surface area contributed by atoms with Crippen LogP contribution < -0.4 is 0 Å². The Bertz CT molecular complexity index is 161. The van der Waals surface area contributed by atoms with E-state index in [0.29, 0.717) is 0 Å². The van der Waals surface area contributed by atoms with Crippen molar-refractivity contribution in [2.24, 2.45) is 0 Å². The molecule has 0 unspecified atom stereocenters. The molecule has 3 nitrogen and oxygen atoms in total. The van der Waals surface area contributed by atoms with Crippen LogP contribution >= 0.6 is 11.6 Å². The van der Waals surface area contributed by atoms with Gasteiger partial charge >= 0.3 is 7.69 Å². The summed E-state index contributed by atoms with van der Waals surface area (Å²) in [5.41, 5.74) is 0. The maximum absolute atomic E-state index is 7.00. The number of halogens is 1. The predicted molar refractivity (Wildman–Crippen MR) is 39.4 cm³/mol. The highest BCUT2D eigenvalue weighted by Gasteiger charge is 1.75. The Morgan fingerprint density at radius 1 is 1.30 bits per heavy atom. The first-order valence-corrected chi connectivity index (χ1v) is 2.84. The Labute approximate surface area is 64.6 Å². The fourth-order valence-corrected chi connectivity index (χ4v) is 0.446. The van der Waals surface area contributed by atoms with Crippen LogP contribution in [0.3, 0.4) is 0 Å². The second-order valence-corrected chi connectivity index (χ2v) is 1.72. The fourth-order valence-electron chi connectivity index (χ4n) is 0.334. The Balaban J connectivity index is 0.000000236. The fraction of sp³-hybridized carbons (Fsp3) is 0. The largest absolute Gasteiger partial charge is 0.482 e. The van der Waals surface area contributed by atoms with Gasteiger partial charge in [0.2, 0.25) is 0 Å². The normalized spacial score (nSPS) is 7.50. The Morgan fingerprint density at radius 3 is 1.90 bits per heavy atom. The van der Waals surface area contributed by atoms with Crippen molar-refractivity contribution in [3.05, 3.63) is 29.5 Å². The topological polar surface area (TPSA) is 53.4 Å². The van der Waals surface area contributed by atoms with E-state index in [1.165, 1.54) is 0 Å². The summed E-state index contributed by atoms with van der Waals surface area (Å²) in [6, 6.07) is 3.48. The third-order valence-electron chi connectivity index (χ3n) is 0.640. The zero-order valence-corrected chi connectivity index (χ0v) is 5.86. The second-order valence-electron chi connectivity index (χ2n) is 1.28. The van der Waals surface area contributed by atoms with Crippen molar-refractivity contribution in [2.45, 2.75) is 0 Å². The van der Waals surface area contributed by atoms with Crippen LogP contribution in [0, 0.1) is 0 Å². The summed E-state index contributed by atoms with van der Waals surface area (Å²) in [6.07, 6.45) is 3.31. The summed E-state index contributed by atoms with van der Waals surface area (Å²) >= 11 is 5.50. The molecule has 1 heterocycles. The lowest BCUT2D eigenvalue weighted by molar-refractivity contribution is 0.448. The average Bonchev–Trinajstić information content (AvgIpc) is 1.91. The molecule has 0 amide bonds. The van der Waals surface area contributed by atoms with Gasteiger partial charge in [-0.05, 0) is 12.1 Å². The molecule has 0 aliphatic heterocycles. The van der Waals surface area contributed by atoms with Gasteiger partial charge in [-0.2, -0.15) is 0 Å². The Kier molecular flexibility index (Phi) is 6.17. The number of aromatic nitrogens is 1. The zero-order valence-electron chi connectivity index (χ0n) is 5.11. The van der Waals surface area contributed by atoms with Gasteiger partial charge in [0.05, 0.1) is 0 Å². The van der Waals surface area contributed by atoms with E-state index in [4.69, 9.17) is 21.6 Å². The smallest absolute Gasteiger partial charge is 0.429 e. The van der Waals surface area contributed by atoms with Crippen molar-refractivity contribution >= 4 is 19.3 Å². The quantitative estimate of drug-likeness (QED) is 0.532. The van der Waals surface area contributed by atoms with Crippen LogP contribution in [0.4, 0.5) is 0 Å². The van der Waals surface area contributed by atoms with Crippen molar-refractivity contribution < 1.29 is 10.0 Å². The van der Waals surface area contributed by atoms with E-state index in [1.807, 2.05) is 0 Å². The van der Waals surface area contributed by atoms with Crippen molar-refractivity contribution in [3.63, 3.8) is 0 Å². The molecule has 2 N–H and O–H groups in total. The number of hydrogen-bond donors (Lipinski definition) is 2. The van der Waals surface area contributed by atoms with E-state index in [1.54, 1.807) is 24.5 Å². The summed E-state index contributed by atoms with van der Waals surface area (Å²) in [7, 11) is 0. The number of nitrogens with zero attached hydrogens (tertiary/aromatic N) is 1. The van der Waals surface area contributed by atoms with Crippen molar-refractivity contribution in [1.82, 2.24) is 4.98 Å². The monoisotopic (exact) mass is 158 g/mol. The molecule has 53 valence electrons. The third kappa shape index (κ3) is 5.56. The third-order valence-corrected chi connectivity index (χ3v) is 0.892. The van der Waals surface area contributed by atoms with E-state index in [9.17, 15) is 0 Å². The first-order valence-electron chi connectivity index (χ1n) is 2.47. The van der Waals surface area contributed by atoms with Crippen LogP contribution in [0.25, 0.3) is 0 Å². The number of pyridine rings is 1. The van der Waals surface area contributed by atoms with Crippen LogP contribution in [0.2, 0.25) is 5.02 Å². The molecule has 0 aliphatic carbocycles. The van der Waals surface area contributed by atoms with Crippen molar-refractivity contribution in [3.8, 4) is 0 Å². The van der Waals surface area contributed by atoms with E-state index in [0.717, 1.165) is 5.02 Å². The van der Waals surface area contributed by atoms with Gasteiger partial charge in [0, 0.05) is 17.4 Å². The molecule has 0 saturated heterocycles. The summed E-state index contributed by atoms with van der Waals surface area (Å²) in [5, 5.41) is 14.7. The molecule has 1 radical (unpaired) electrons. The number of hydrogen-bond acceptors (Lipinski definition) is 3. The molecule has 0 aromatic carbocycles. The van der Waals surface area contributed by atoms with E-state index < -0.39 is 0 Å². The van der Waals surface area contributed by atoms with Gasteiger partial charge in [0.25, 0.3) is 0 Å². The minimum absolute atomic E-state index is 0. The molecule has 1 aromatic heterocycles. The molecule has 0 atom stereocenters. The first-order chi connectivity index (χ1) is 4.81. The molecule has 0 saturated carbocycles. The van der Waals surface area contributed by atoms with E-state index in [-0.39, 0.29) is 7.69 Å². The van der Waals surface area contributed by atoms with Gasteiger partial charge < -0.3 is 10.0 Å². The van der Waals surface area contributed by atoms with Gasteiger partial charge in [-0.3, -0.25) is 4.98 Å². The molecule has 5 heteroatoms.